The van der Waals surface area contributed by atoms with E-state index in [1.54, 1.807) is 0 Å². The average molecular weight is 176 g/mol. The van der Waals surface area contributed by atoms with Crippen LogP contribution in [0.15, 0.2) is 12.1 Å². The Balaban J connectivity index is 3.00. The highest BCUT2D eigenvalue weighted by molar-refractivity contribution is 6.19. The van der Waals surface area contributed by atoms with Crippen LogP contribution < -0.4 is 0 Å². The third-order valence-corrected chi connectivity index (χ3v) is 2.00. The summed E-state index contributed by atoms with van der Waals surface area (Å²) < 4.78 is 1.27. The molecule has 4 heteroatoms. The van der Waals surface area contributed by atoms with Gasteiger partial charge in [-0.05, 0) is 6.42 Å². The smallest absolute Gasteiger partial charge is 0.195 e. The molecule has 1 atom stereocenters. The average Bonchev–Trinajstić information content (AvgIpc) is 2.30. The van der Waals surface area contributed by atoms with Crippen LogP contribution in [-0.2, 0) is 0 Å². The number of alkyl halides is 1. The van der Waals surface area contributed by atoms with Crippen LogP contribution in [0.5, 0.6) is 11.8 Å². The number of halogens is 1. The molecule has 0 saturated carbocycles. The molecule has 0 aromatic carbocycles. The van der Waals surface area contributed by atoms with Crippen molar-refractivity contribution in [1.82, 2.24) is 4.57 Å². The zero-order valence-electron chi connectivity index (χ0n) is 6.16. The van der Waals surface area contributed by atoms with Gasteiger partial charge in [0, 0.05) is 12.1 Å². The fraction of sp³-hybridized carbons (Fsp3) is 0.429. The van der Waals surface area contributed by atoms with Crippen LogP contribution >= 0.6 is 11.6 Å². The van der Waals surface area contributed by atoms with Crippen molar-refractivity contribution in [2.75, 3.05) is 0 Å². The number of rotatable bonds is 2. The fourth-order valence-electron chi connectivity index (χ4n) is 0.897. The van der Waals surface area contributed by atoms with Gasteiger partial charge in [-0.15, -0.1) is 0 Å². The lowest BCUT2D eigenvalue weighted by Crippen LogP contribution is -1.98. The summed E-state index contributed by atoms with van der Waals surface area (Å²) in [6, 6.07) is 2.81. The van der Waals surface area contributed by atoms with Gasteiger partial charge in [-0.2, -0.15) is 0 Å². The maximum Gasteiger partial charge on any atom is 0.195 e. The maximum atomic E-state index is 9.15. The van der Waals surface area contributed by atoms with Crippen molar-refractivity contribution >= 4 is 11.6 Å². The topological polar surface area (TPSA) is 45.4 Å². The summed E-state index contributed by atoms with van der Waals surface area (Å²) in [4.78, 5) is 0. The second-order valence-corrected chi connectivity index (χ2v) is 2.77. The van der Waals surface area contributed by atoms with E-state index in [1.807, 2.05) is 6.92 Å². The molecule has 0 spiro atoms. The van der Waals surface area contributed by atoms with Crippen molar-refractivity contribution in [3.8, 4) is 11.8 Å². The predicted octanol–water partition coefficient (Wildman–Crippen LogP) is 2.05. The van der Waals surface area contributed by atoms with E-state index in [2.05, 4.69) is 0 Å². The molecular formula is C7H10ClNO2. The summed E-state index contributed by atoms with van der Waals surface area (Å²) in [5.41, 5.74) is -0.384. The zero-order chi connectivity index (χ0) is 8.43. The minimum absolute atomic E-state index is 0.00986. The molecule has 0 aliphatic heterocycles. The molecule has 62 valence electrons. The highest BCUT2D eigenvalue weighted by Gasteiger charge is 2.12. The van der Waals surface area contributed by atoms with Gasteiger partial charge in [0.1, 0.15) is 5.50 Å². The standard InChI is InChI=1S/C7H10ClNO2/c1-2-5(8)9-6(10)3-4-7(9)11/h3-5,10-11H,2H2,1H3. The molecule has 1 aromatic rings. The van der Waals surface area contributed by atoms with E-state index in [0.29, 0.717) is 6.42 Å². The van der Waals surface area contributed by atoms with Gasteiger partial charge in [-0.3, -0.25) is 4.57 Å². The second-order valence-electron chi connectivity index (χ2n) is 2.26. The van der Waals surface area contributed by atoms with E-state index < -0.39 is 0 Å². The molecule has 1 unspecified atom stereocenters. The van der Waals surface area contributed by atoms with E-state index in [1.165, 1.54) is 16.7 Å². The predicted molar refractivity (Wildman–Crippen MR) is 42.9 cm³/mol. The normalized spacial score (nSPS) is 13.3. The summed E-state index contributed by atoms with van der Waals surface area (Å²) in [5.74, 6) is -0.0197. The van der Waals surface area contributed by atoms with Gasteiger partial charge >= 0.3 is 0 Å². The summed E-state index contributed by atoms with van der Waals surface area (Å²) in [6.45, 7) is 1.87. The highest BCUT2D eigenvalue weighted by atomic mass is 35.5. The van der Waals surface area contributed by atoms with Crippen LogP contribution in [0.1, 0.15) is 18.8 Å². The third-order valence-electron chi connectivity index (χ3n) is 1.49. The van der Waals surface area contributed by atoms with Gasteiger partial charge in [-0.1, -0.05) is 18.5 Å². The first-order valence-corrected chi connectivity index (χ1v) is 3.83. The first-order valence-electron chi connectivity index (χ1n) is 3.40. The van der Waals surface area contributed by atoms with E-state index in [9.17, 15) is 0 Å². The monoisotopic (exact) mass is 175 g/mol. The number of hydrogen-bond acceptors (Lipinski definition) is 2. The Labute approximate surface area is 69.8 Å². The van der Waals surface area contributed by atoms with Gasteiger partial charge in [0.25, 0.3) is 0 Å². The number of aromatic nitrogens is 1. The molecule has 3 nitrogen and oxygen atoms in total. The van der Waals surface area contributed by atoms with E-state index >= 15 is 0 Å². The van der Waals surface area contributed by atoms with Crippen LogP contribution in [-0.4, -0.2) is 14.8 Å². The molecule has 1 heterocycles. The minimum atomic E-state index is -0.384. The fourth-order valence-corrected chi connectivity index (χ4v) is 1.10. The van der Waals surface area contributed by atoms with Gasteiger partial charge in [0.15, 0.2) is 11.8 Å². The Bertz CT molecular complexity index is 227. The maximum absolute atomic E-state index is 9.15. The second kappa shape index (κ2) is 3.05. The molecule has 0 radical (unpaired) electrons. The minimum Gasteiger partial charge on any atom is -0.494 e. The number of aromatic hydroxyl groups is 2. The van der Waals surface area contributed by atoms with Gasteiger partial charge in [0.05, 0.1) is 0 Å². The van der Waals surface area contributed by atoms with Crippen molar-refractivity contribution < 1.29 is 10.2 Å². The van der Waals surface area contributed by atoms with E-state index in [-0.39, 0.29) is 17.3 Å². The molecule has 0 aliphatic carbocycles. The Morgan fingerprint density at radius 1 is 1.45 bits per heavy atom. The van der Waals surface area contributed by atoms with Crippen LogP contribution in [0.3, 0.4) is 0 Å². The first kappa shape index (κ1) is 8.27. The Hall–Kier alpha value is -0.830. The van der Waals surface area contributed by atoms with E-state index in [0.717, 1.165) is 0 Å². The molecule has 1 rings (SSSR count). The van der Waals surface area contributed by atoms with Crippen LogP contribution in [0.4, 0.5) is 0 Å². The third kappa shape index (κ3) is 1.43. The molecule has 0 saturated heterocycles. The van der Waals surface area contributed by atoms with Gasteiger partial charge in [-0.25, -0.2) is 0 Å². The molecule has 2 N–H and O–H groups in total. The number of nitrogens with zero attached hydrogens (tertiary/aromatic N) is 1. The van der Waals surface area contributed by atoms with Gasteiger partial charge < -0.3 is 10.2 Å². The molecule has 0 bridgehead atoms. The summed E-state index contributed by atoms with van der Waals surface area (Å²) in [7, 11) is 0. The highest BCUT2D eigenvalue weighted by Crippen LogP contribution is 2.30. The summed E-state index contributed by atoms with van der Waals surface area (Å²) in [6.07, 6.45) is 0.650. The Kier molecular flexibility index (Phi) is 2.29. The lowest BCUT2D eigenvalue weighted by atomic mass is 10.5. The molecule has 11 heavy (non-hydrogen) atoms. The molecule has 0 fully saturated rings. The number of hydrogen-bond donors (Lipinski definition) is 2. The van der Waals surface area contributed by atoms with Crippen molar-refractivity contribution in [3.05, 3.63) is 12.1 Å². The van der Waals surface area contributed by atoms with Crippen LogP contribution in [0, 0.1) is 0 Å². The largest absolute Gasteiger partial charge is 0.494 e. The van der Waals surface area contributed by atoms with E-state index in [4.69, 9.17) is 21.8 Å². The summed E-state index contributed by atoms with van der Waals surface area (Å²) in [5, 5.41) is 18.3. The van der Waals surface area contributed by atoms with Crippen molar-refractivity contribution in [2.24, 2.45) is 0 Å². The first-order chi connectivity index (χ1) is 5.16. The van der Waals surface area contributed by atoms with Gasteiger partial charge in [0.2, 0.25) is 0 Å². The Morgan fingerprint density at radius 2 is 1.91 bits per heavy atom. The van der Waals surface area contributed by atoms with Crippen molar-refractivity contribution in [2.45, 2.75) is 18.8 Å². The van der Waals surface area contributed by atoms with Crippen molar-refractivity contribution in [1.29, 1.82) is 0 Å². The van der Waals surface area contributed by atoms with Crippen LogP contribution in [0.25, 0.3) is 0 Å². The lowest BCUT2D eigenvalue weighted by molar-refractivity contribution is 0.361. The Morgan fingerprint density at radius 3 is 2.27 bits per heavy atom. The molecular weight excluding hydrogens is 166 g/mol. The van der Waals surface area contributed by atoms with Crippen molar-refractivity contribution in [3.63, 3.8) is 0 Å². The lowest BCUT2D eigenvalue weighted by Gasteiger charge is -2.10. The quantitative estimate of drug-likeness (QED) is 0.676. The molecule has 0 aliphatic rings. The zero-order valence-corrected chi connectivity index (χ0v) is 6.91. The molecule has 1 aromatic heterocycles. The molecule has 0 amide bonds. The summed E-state index contributed by atoms with van der Waals surface area (Å²) >= 11 is 5.79. The SMILES string of the molecule is CCC(Cl)n1c(O)ccc1O. The van der Waals surface area contributed by atoms with Crippen LogP contribution in [0.2, 0.25) is 0 Å².